The van der Waals surface area contributed by atoms with E-state index in [1.54, 1.807) is 0 Å². The van der Waals surface area contributed by atoms with Crippen LogP contribution in [0.1, 0.15) is 26.3 Å². The predicted molar refractivity (Wildman–Crippen MR) is 206 cm³/mol. The minimum Gasteiger partial charge on any atom is -0.509 e. The summed E-state index contributed by atoms with van der Waals surface area (Å²) in [4.78, 5) is 9.64. The molecule has 5 heterocycles. The SMILES string of the molecule is CC(C)(C)c1ccnc(-n2c3[c-]c(Oc4[c-]c5c(cc4)c4ccc6sc7ccccc7c6c4n5-c4ccccn4)ccc3c3ccccc32)c1.[Pt+2]. The average molecular weight is 858 g/mol. The van der Waals surface area contributed by atoms with Crippen molar-refractivity contribution in [3.63, 3.8) is 0 Å². The molecule has 0 N–H and O–H groups in total. The summed E-state index contributed by atoms with van der Waals surface area (Å²) >= 11 is 1.82. The van der Waals surface area contributed by atoms with Gasteiger partial charge in [-0.2, -0.15) is 12.1 Å². The second kappa shape index (κ2) is 11.9. The summed E-state index contributed by atoms with van der Waals surface area (Å²) in [7, 11) is 0. The number of rotatable bonds is 4. The van der Waals surface area contributed by atoms with E-state index in [1.807, 2.05) is 48.0 Å². The van der Waals surface area contributed by atoms with Gasteiger partial charge in [0.25, 0.3) is 0 Å². The van der Waals surface area contributed by atoms with Crippen molar-refractivity contribution in [1.29, 1.82) is 0 Å². The first kappa shape index (κ1) is 31.7. The van der Waals surface area contributed by atoms with Crippen LogP contribution in [0.25, 0.3) is 75.4 Å². The van der Waals surface area contributed by atoms with Crippen LogP contribution >= 0.6 is 11.3 Å². The number of pyridine rings is 2. The molecule has 0 fully saturated rings. The molecule has 7 heteroatoms. The maximum absolute atomic E-state index is 6.61. The summed E-state index contributed by atoms with van der Waals surface area (Å²) < 4.78 is 13.6. The number of nitrogens with zero attached hydrogens (tertiary/aromatic N) is 4. The van der Waals surface area contributed by atoms with Crippen molar-refractivity contribution in [2.24, 2.45) is 0 Å². The van der Waals surface area contributed by atoms with Crippen LogP contribution in [0.4, 0.5) is 0 Å². The molecule has 248 valence electrons. The van der Waals surface area contributed by atoms with E-state index in [-0.39, 0.29) is 26.5 Å². The summed E-state index contributed by atoms with van der Waals surface area (Å²) in [6.45, 7) is 6.67. The minimum atomic E-state index is -0.0110. The number of hydrogen-bond donors (Lipinski definition) is 0. The predicted octanol–water partition coefficient (Wildman–Crippen LogP) is 11.7. The Morgan fingerprint density at radius 2 is 1.25 bits per heavy atom. The summed E-state index contributed by atoms with van der Waals surface area (Å²) in [6, 6.07) is 47.4. The van der Waals surface area contributed by atoms with Gasteiger partial charge in [-0.1, -0.05) is 80.3 Å². The standard InChI is InChI=1S/C44H30N4OS.Pt/c1-44(2,3)27-21-23-46-41(24-27)47-35-12-6-4-10-30(35)31-17-15-28(25-36(31)47)49-29-16-18-32-33-19-20-39-42(34-11-5-7-13-38(34)50-39)43(33)48(37(32)26-29)40-14-8-9-22-45-40;/h4-24H,1-3H3;/q-2;+2. The average Bonchev–Trinajstić information content (AvgIpc) is 3.78. The molecular weight excluding hydrogens is 828 g/mol. The molecule has 5 aromatic carbocycles. The first-order chi connectivity index (χ1) is 24.4. The molecule has 0 aliphatic carbocycles. The largest absolute Gasteiger partial charge is 2.00 e. The molecule has 0 amide bonds. The van der Waals surface area contributed by atoms with E-state index in [9.17, 15) is 0 Å². The summed E-state index contributed by atoms with van der Waals surface area (Å²) in [5.74, 6) is 2.91. The number of thiophene rings is 1. The fraction of sp³-hybridized carbons (Fsp3) is 0.0909. The second-order valence-corrected chi connectivity index (χ2v) is 14.8. The van der Waals surface area contributed by atoms with Gasteiger partial charge in [0.2, 0.25) is 0 Å². The van der Waals surface area contributed by atoms with Crippen LogP contribution in [-0.4, -0.2) is 19.1 Å². The van der Waals surface area contributed by atoms with Crippen molar-refractivity contribution in [2.75, 3.05) is 0 Å². The Hall–Kier alpha value is -5.29. The van der Waals surface area contributed by atoms with Crippen LogP contribution in [0, 0.1) is 12.1 Å². The summed E-state index contributed by atoms with van der Waals surface area (Å²) in [6.07, 6.45) is 3.74. The molecule has 10 aromatic rings. The molecule has 0 radical (unpaired) electrons. The Labute approximate surface area is 313 Å². The van der Waals surface area contributed by atoms with Gasteiger partial charge in [-0.3, -0.25) is 0 Å². The van der Waals surface area contributed by atoms with Crippen LogP contribution in [0.3, 0.4) is 0 Å². The van der Waals surface area contributed by atoms with Gasteiger partial charge in [-0.25, -0.2) is 9.97 Å². The fourth-order valence-corrected chi connectivity index (χ4v) is 8.40. The number of ether oxygens (including phenoxy) is 1. The van der Waals surface area contributed by atoms with E-state index >= 15 is 0 Å². The van der Waals surface area contributed by atoms with Gasteiger partial charge in [0.15, 0.2) is 0 Å². The van der Waals surface area contributed by atoms with Crippen LogP contribution in [0.5, 0.6) is 11.5 Å². The van der Waals surface area contributed by atoms with Crippen LogP contribution in [-0.2, 0) is 26.5 Å². The number of fused-ring (bicyclic) bond motifs is 10. The number of para-hydroxylation sites is 1. The fourth-order valence-electron chi connectivity index (χ4n) is 7.29. The van der Waals surface area contributed by atoms with Crippen LogP contribution in [0.15, 0.2) is 128 Å². The summed E-state index contributed by atoms with van der Waals surface area (Å²) in [5.41, 5.74) is 5.25. The van der Waals surface area contributed by atoms with E-state index < -0.39 is 0 Å². The maximum Gasteiger partial charge on any atom is 2.00 e. The van der Waals surface area contributed by atoms with Crippen molar-refractivity contribution in [3.8, 4) is 23.1 Å². The minimum absolute atomic E-state index is 0. The third-order valence-corrected chi connectivity index (χ3v) is 10.8. The Kier molecular flexibility index (Phi) is 7.39. The smallest absolute Gasteiger partial charge is 0.509 e. The molecule has 5 nitrogen and oxygen atoms in total. The van der Waals surface area contributed by atoms with Crippen LogP contribution in [0.2, 0.25) is 0 Å². The topological polar surface area (TPSA) is 44.9 Å². The van der Waals surface area contributed by atoms with Gasteiger partial charge in [0, 0.05) is 49.6 Å². The van der Waals surface area contributed by atoms with Gasteiger partial charge in [0.1, 0.15) is 11.6 Å². The van der Waals surface area contributed by atoms with E-state index in [1.165, 1.54) is 25.7 Å². The van der Waals surface area contributed by atoms with Gasteiger partial charge < -0.3 is 13.9 Å². The molecule has 0 saturated heterocycles. The third-order valence-electron chi connectivity index (χ3n) is 9.65. The quantitative estimate of drug-likeness (QED) is 0.166. The molecule has 0 aliphatic heterocycles. The Morgan fingerprint density at radius 1 is 0.588 bits per heavy atom. The molecular formula is C44H30N4OPtS. The molecule has 10 rings (SSSR count). The Morgan fingerprint density at radius 3 is 2.02 bits per heavy atom. The van der Waals surface area contributed by atoms with Crippen LogP contribution < -0.4 is 4.74 Å². The zero-order valence-corrected chi connectivity index (χ0v) is 31.1. The van der Waals surface area contributed by atoms with E-state index in [0.29, 0.717) is 11.5 Å². The number of hydrogen-bond acceptors (Lipinski definition) is 4. The Balaban J connectivity index is 0.00000348. The monoisotopic (exact) mass is 857 g/mol. The van der Waals surface area contributed by atoms with Crippen molar-refractivity contribution < 1.29 is 25.8 Å². The van der Waals surface area contributed by atoms with Gasteiger partial charge in [-0.15, -0.1) is 46.4 Å². The van der Waals surface area contributed by atoms with Crippen molar-refractivity contribution >= 4 is 75.1 Å². The maximum atomic E-state index is 6.61. The normalized spacial score (nSPS) is 12.1. The van der Waals surface area contributed by atoms with E-state index in [2.05, 4.69) is 133 Å². The van der Waals surface area contributed by atoms with Crippen molar-refractivity contribution in [3.05, 3.63) is 145 Å². The third kappa shape index (κ3) is 5.00. The zero-order chi connectivity index (χ0) is 33.6. The molecule has 0 atom stereocenters. The number of benzene rings is 5. The molecule has 0 aliphatic rings. The molecule has 0 bridgehead atoms. The van der Waals surface area contributed by atoms with E-state index in [0.717, 1.165) is 55.2 Å². The second-order valence-electron chi connectivity index (χ2n) is 13.7. The first-order valence-corrected chi connectivity index (χ1v) is 17.6. The molecule has 0 spiro atoms. The molecule has 51 heavy (non-hydrogen) atoms. The molecule has 0 saturated carbocycles. The van der Waals surface area contributed by atoms with Gasteiger partial charge in [0.05, 0.1) is 5.52 Å². The Bertz CT molecular complexity index is 2950. The molecule has 0 unspecified atom stereocenters. The number of aromatic nitrogens is 4. The zero-order valence-electron chi connectivity index (χ0n) is 28.0. The van der Waals surface area contributed by atoms with Crippen molar-refractivity contribution in [1.82, 2.24) is 19.1 Å². The van der Waals surface area contributed by atoms with Crippen molar-refractivity contribution in [2.45, 2.75) is 26.2 Å². The molecule has 5 aromatic heterocycles. The summed E-state index contributed by atoms with van der Waals surface area (Å²) in [5, 5.41) is 6.98. The van der Waals surface area contributed by atoms with E-state index in [4.69, 9.17) is 14.7 Å². The van der Waals surface area contributed by atoms with Gasteiger partial charge >= 0.3 is 21.1 Å². The first-order valence-electron chi connectivity index (χ1n) is 16.7. The van der Waals surface area contributed by atoms with Gasteiger partial charge in [-0.05, 0) is 64.2 Å².